The Bertz CT molecular complexity index is 302. The standard InChI is InChI=1S/C10H12BrClO2/c1-7(13)8-2-3-10(9(12)6-8)14-5-4-11/h2-3,6-7,13H,4-5H2,1H3. The van der Waals surface area contributed by atoms with Crippen molar-refractivity contribution in [1.29, 1.82) is 0 Å². The maximum atomic E-state index is 9.31. The number of aliphatic hydroxyl groups is 1. The summed E-state index contributed by atoms with van der Waals surface area (Å²) in [7, 11) is 0. The normalized spacial score (nSPS) is 12.6. The number of halogens is 2. The summed E-state index contributed by atoms with van der Waals surface area (Å²) in [4.78, 5) is 0. The van der Waals surface area contributed by atoms with Crippen LogP contribution in [0.3, 0.4) is 0 Å². The topological polar surface area (TPSA) is 29.5 Å². The van der Waals surface area contributed by atoms with Crippen molar-refractivity contribution >= 4 is 27.5 Å². The minimum atomic E-state index is -0.502. The monoisotopic (exact) mass is 278 g/mol. The number of rotatable bonds is 4. The zero-order valence-electron chi connectivity index (χ0n) is 7.84. The summed E-state index contributed by atoms with van der Waals surface area (Å²) in [5.74, 6) is 0.649. The summed E-state index contributed by atoms with van der Waals surface area (Å²) in [5, 5.41) is 10.6. The second-order valence-electron chi connectivity index (χ2n) is 2.90. The van der Waals surface area contributed by atoms with E-state index in [-0.39, 0.29) is 0 Å². The van der Waals surface area contributed by atoms with Gasteiger partial charge >= 0.3 is 0 Å². The highest BCUT2D eigenvalue weighted by atomic mass is 79.9. The van der Waals surface area contributed by atoms with Gasteiger partial charge in [-0.15, -0.1) is 0 Å². The minimum absolute atomic E-state index is 0.502. The molecule has 0 amide bonds. The molecule has 78 valence electrons. The Labute approximate surface area is 97.0 Å². The van der Waals surface area contributed by atoms with Crippen LogP contribution in [-0.2, 0) is 0 Å². The maximum Gasteiger partial charge on any atom is 0.137 e. The molecule has 0 fully saturated rings. The Morgan fingerprint density at radius 1 is 1.57 bits per heavy atom. The Hall–Kier alpha value is -0.250. The fourth-order valence-electron chi connectivity index (χ4n) is 1.04. The van der Waals surface area contributed by atoms with Crippen LogP contribution < -0.4 is 4.74 Å². The summed E-state index contributed by atoms with van der Waals surface area (Å²) in [6, 6.07) is 5.29. The summed E-state index contributed by atoms with van der Waals surface area (Å²) in [6.07, 6.45) is -0.502. The first-order valence-corrected chi connectivity index (χ1v) is 5.81. The van der Waals surface area contributed by atoms with Crippen molar-refractivity contribution in [2.45, 2.75) is 13.0 Å². The van der Waals surface area contributed by atoms with E-state index in [1.807, 2.05) is 0 Å². The third-order valence-electron chi connectivity index (χ3n) is 1.77. The third kappa shape index (κ3) is 3.15. The van der Waals surface area contributed by atoms with Crippen LogP contribution in [0.5, 0.6) is 5.75 Å². The second-order valence-corrected chi connectivity index (χ2v) is 4.10. The quantitative estimate of drug-likeness (QED) is 0.858. The number of hydrogen-bond acceptors (Lipinski definition) is 2. The number of benzene rings is 1. The molecule has 0 aliphatic carbocycles. The Balaban J connectivity index is 2.79. The average molecular weight is 280 g/mol. The molecule has 1 aromatic carbocycles. The molecule has 0 saturated carbocycles. The van der Waals surface area contributed by atoms with E-state index in [0.717, 1.165) is 10.9 Å². The Morgan fingerprint density at radius 2 is 2.29 bits per heavy atom. The molecule has 0 aromatic heterocycles. The second kappa shape index (κ2) is 5.59. The molecule has 1 N–H and O–H groups in total. The molecule has 4 heteroatoms. The molecule has 0 aliphatic heterocycles. The van der Waals surface area contributed by atoms with Crippen LogP contribution in [-0.4, -0.2) is 17.0 Å². The maximum absolute atomic E-state index is 9.31. The number of aliphatic hydroxyl groups excluding tert-OH is 1. The van der Waals surface area contributed by atoms with Gasteiger partial charge in [0.15, 0.2) is 0 Å². The summed E-state index contributed by atoms with van der Waals surface area (Å²) in [5.41, 5.74) is 0.793. The van der Waals surface area contributed by atoms with Gasteiger partial charge in [0.25, 0.3) is 0 Å². The lowest BCUT2D eigenvalue weighted by atomic mass is 10.1. The Morgan fingerprint density at radius 3 is 2.79 bits per heavy atom. The predicted octanol–water partition coefficient (Wildman–Crippen LogP) is 3.17. The van der Waals surface area contributed by atoms with Gasteiger partial charge < -0.3 is 9.84 Å². The van der Waals surface area contributed by atoms with Gasteiger partial charge in [-0.25, -0.2) is 0 Å². The first kappa shape index (κ1) is 11.8. The molecule has 1 atom stereocenters. The zero-order valence-corrected chi connectivity index (χ0v) is 10.2. The zero-order chi connectivity index (χ0) is 10.6. The van der Waals surface area contributed by atoms with Gasteiger partial charge in [-0.3, -0.25) is 0 Å². The van der Waals surface area contributed by atoms with Gasteiger partial charge in [0, 0.05) is 5.33 Å². The molecule has 0 radical (unpaired) electrons. The van der Waals surface area contributed by atoms with Gasteiger partial charge in [0.05, 0.1) is 17.7 Å². The van der Waals surface area contributed by atoms with E-state index in [0.29, 0.717) is 17.4 Å². The lowest BCUT2D eigenvalue weighted by molar-refractivity contribution is 0.199. The van der Waals surface area contributed by atoms with Gasteiger partial charge in [0.1, 0.15) is 5.75 Å². The van der Waals surface area contributed by atoms with E-state index in [1.54, 1.807) is 25.1 Å². The lowest BCUT2D eigenvalue weighted by Crippen LogP contribution is -1.99. The van der Waals surface area contributed by atoms with Crippen LogP contribution >= 0.6 is 27.5 Å². The molecule has 2 nitrogen and oxygen atoms in total. The van der Waals surface area contributed by atoms with Crippen LogP contribution in [0.4, 0.5) is 0 Å². The summed E-state index contributed by atoms with van der Waals surface area (Å²) < 4.78 is 5.36. The molecule has 0 bridgehead atoms. The highest BCUT2D eigenvalue weighted by molar-refractivity contribution is 9.09. The van der Waals surface area contributed by atoms with E-state index >= 15 is 0 Å². The summed E-state index contributed by atoms with van der Waals surface area (Å²) in [6.45, 7) is 2.28. The minimum Gasteiger partial charge on any atom is -0.491 e. The smallest absolute Gasteiger partial charge is 0.137 e. The van der Waals surface area contributed by atoms with Crippen LogP contribution in [0.2, 0.25) is 5.02 Å². The summed E-state index contributed by atoms with van der Waals surface area (Å²) >= 11 is 9.22. The molecule has 1 aromatic rings. The van der Waals surface area contributed by atoms with Crippen molar-refractivity contribution in [2.75, 3.05) is 11.9 Å². The Kier molecular flexibility index (Phi) is 4.72. The van der Waals surface area contributed by atoms with Gasteiger partial charge in [-0.1, -0.05) is 33.6 Å². The molecule has 0 aliphatic rings. The van der Waals surface area contributed by atoms with E-state index in [9.17, 15) is 5.11 Å². The highest BCUT2D eigenvalue weighted by Gasteiger charge is 2.05. The van der Waals surface area contributed by atoms with Crippen LogP contribution in [0.25, 0.3) is 0 Å². The van der Waals surface area contributed by atoms with E-state index in [1.165, 1.54) is 0 Å². The van der Waals surface area contributed by atoms with Gasteiger partial charge in [-0.05, 0) is 24.6 Å². The lowest BCUT2D eigenvalue weighted by Gasteiger charge is -2.09. The molecule has 0 saturated heterocycles. The van der Waals surface area contributed by atoms with E-state index in [4.69, 9.17) is 16.3 Å². The van der Waals surface area contributed by atoms with Crippen molar-refractivity contribution in [3.63, 3.8) is 0 Å². The first-order chi connectivity index (χ1) is 6.65. The van der Waals surface area contributed by atoms with Crippen molar-refractivity contribution in [2.24, 2.45) is 0 Å². The van der Waals surface area contributed by atoms with Crippen LogP contribution in [0, 0.1) is 0 Å². The number of ether oxygens (including phenoxy) is 1. The average Bonchev–Trinajstić information content (AvgIpc) is 2.15. The SMILES string of the molecule is CC(O)c1ccc(OCCBr)c(Cl)c1. The molecular weight excluding hydrogens is 267 g/mol. The molecule has 0 heterocycles. The first-order valence-electron chi connectivity index (χ1n) is 4.31. The van der Waals surface area contributed by atoms with E-state index in [2.05, 4.69) is 15.9 Å². The van der Waals surface area contributed by atoms with Gasteiger partial charge in [-0.2, -0.15) is 0 Å². The van der Waals surface area contributed by atoms with Crippen molar-refractivity contribution in [1.82, 2.24) is 0 Å². The van der Waals surface area contributed by atoms with Crippen molar-refractivity contribution in [3.8, 4) is 5.75 Å². The fourth-order valence-corrected chi connectivity index (χ4v) is 1.45. The largest absolute Gasteiger partial charge is 0.491 e. The third-order valence-corrected chi connectivity index (χ3v) is 2.39. The predicted molar refractivity (Wildman–Crippen MR) is 61.4 cm³/mol. The molecule has 0 spiro atoms. The van der Waals surface area contributed by atoms with Crippen LogP contribution in [0.1, 0.15) is 18.6 Å². The van der Waals surface area contributed by atoms with E-state index < -0.39 is 6.10 Å². The number of alkyl halides is 1. The molecular formula is C10H12BrClO2. The highest BCUT2D eigenvalue weighted by Crippen LogP contribution is 2.27. The van der Waals surface area contributed by atoms with Crippen molar-refractivity contribution in [3.05, 3.63) is 28.8 Å². The van der Waals surface area contributed by atoms with Crippen molar-refractivity contribution < 1.29 is 9.84 Å². The molecule has 1 unspecified atom stereocenters. The van der Waals surface area contributed by atoms with Crippen LogP contribution in [0.15, 0.2) is 18.2 Å². The molecule has 14 heavy (non-hydrogen) atoms. The van der Waals surface area contributed by atoms with Gasteiger partial charge in [0.2, 0.25) is 0 Å². The molecule has 1 rings (SSSR count). The fraction of sp³-hybridized carbons (Fsp3) is 0.400. The number of hydrogen-bond donors (Lipinski definition) is 1.